The SMILES string of the molecule is Cc1cccc(OCCNC(=O)CC(C)C)c1C. The first kappa shape index (κ1) is 14.6. The van der Waals surface area contributed by atoms with Gasteiger partial charge in [0.2, 0.25) is 5.91 Å². The minimum Gasteiger partial charge on any atom is -0.491 e. The molecule has 0 saturated heterocycles. The van der Waals surface area contributed by atoms with E-state index in [1.54, 1.807) is 0 Å². The Kier molecular flexibility index (Phi) is 5.69. The van der Waals surface area contributed by atoms with E-state index >= 15 is 0 Å². The lowest BCUT2D eigenvalue weighted by molar-refractivity contribution is -0.121. The van der Waals surface area contributed by atoms with Crippen molar-refractivity contribution in [3.63, 3.8) is 0 Å². The van der Waals surface area contributed by atoms with Crippen LogP contribution in [-0.4, -0.2) is 19.1 Å². The third-order valence-electron chi connectivity index (χ3n) is 2.83. The second-order valence-corrected chi connectivity index (χ2v) is 4.99. The molecule has 1 aromatic carbocycles. The van der Waals surface area contributed by atoms with Gasteiger partial charge in [0.05, 0.1) is 6.54 Å². The van der Waals surface area contributed by atoms with E-state index in [1.807, 2.05) is 32.9 Å². The molecular formula is C15H23NO2. The third kappa shape index (κ3) is 4.78. The van der Waals surface area contributed by atoms with Crippen molar-refractivity contribution in [3.8, 4) is 5.75 Å². The van der Waals surface area contributed by atoms with E-state index in [1.165, 1.54) is 5.56 Å². The van der Waals surface area contributed by atoms with Crippen molar-refractivity contribution < 1.29 is 9.53 Å². The van der Waals surface area contributed by atoms with Crippen LogP contribution in [0.1, 0.15) is 31.4 Å². The smallest absolute Gasteiger partial charge is 0.220 e. The highest BCUT2D eigenvalue weighted by Gasteiger charge is 2.04. The summed E-state index contributed by atoms with van der Waals surface area (Å²) in [5.41, 5.74) is 2.38. The lowest BCUT2D eigenvalue weighted by Gasteiger charge is -2.11. The number of hydrogen-bond acceptors (Lipinski definition) is 2. The van der Waals surface area contributed by atoms with Crippen LogP contribution in [0.3, 0.4) is 0 Å². The van der Waals surface area contributed by atoms with Gasteiger partial charge >= 0.3 is 0 Å². The van der Waals surface area contributed by atoms with Gasteiger partial charge in [-0.3, -0.25) is 4.79 Å². The molecule has 1 rings (SSSR count). The van der Waals surface area contributed by atoms with Crippen molar-refractivity contribution >= 4 is 5.91 Å². The van der Waals surface area contributed by atoms with E-state index in [2.05, 4.69) is 18.3 Å². The van der Waals surface area contributed by atoms with Gasteiger partial charge in [0.15, 0.2) is 0 Å². The second-order valence-electron chi connectivity index (χ2n) is 4.99. The van der Waals surface area contributed by atoms with Crippen LogP contribution >= 0.6 is 0 Å². The first-order valence-corrected chi connectivity index (χ1v) is 6.46. The normalized spacial score (nSPS) is 10.5. The highest BCUT2D eigenvalue weighted by atomic mass is 16.5. The van der Waals surface area contributed by atoms with Crippen LogP contribution in [0.15, 0.2) is 18.2 Å². The van der Waals surface area contributed by atoms with Crippen molar-refractivity contribution in [2.24, 2.45) is 5.92 Å². The number of amides is 1. The van der Waals surface area contributed by atoms with Crippen LogP contribution in [0, 0.1) is 19.8 Å². The van der Waals surface area contributed by atoms with Gasteiger partial charge < -0.3 is 10.1 Å². The Morgan fingerprint density at radius 3 is 2.72 bits per heavy atom. The van der Waals surface area contributed by atoms with Gasteiger partial charge in [-0.15, -0.1) is 0 Å². The molecular weight excluding hydrogens is 226 g/mol. The summed E-state index contributed by atoms with van der Waals surface area (Å²) in [6.45, 7) is 9.24. The van der Waals surface area contributed by atoms with E-state index < -0.39 is 0 Å². The summed E-state index contributed by atoms with van der Waals surface area (Å²) in [6.07, 6.45) is 0.573. The van der Waals surface area contributed by atoms with Crippen LogP contribution in [0.25, 0.3) is 0 Å². The highest BCUT2D eigenvalue weighted by Crippen LogP contribution is 2.20. The van der Waals surface area contributed by atoms with Crippen LogP contribution < -0.4 is 10.1 Å². The van der Waals surface area contributed by atoms with E-state index in [-0.39, 0.29) is 5.91 Å². The molecule has 0 heterocycles. The molecule has 0 radical (unpaired) electrons. The Hall–Kier alpha value is -1.51. The fourth-order valence-electron chi connectivity index (χ4n) is 1.67. The zero-order chi connectivity index (χ0) is 13.5. The van der Waals surface area contributed by atoms with Gasteiger partial charge in [-0.2, -0.15) is 0 Å². The molecule has 18 heavy (non-hydrogen) atoms. The van der Waals surface area contributed by atoms with Gasteiger partial charge in [-0.25, -0.2) is 0 Å². The molecule has 0 aromatic heterocycles. The van der Waals surface area contributed by atoms with Gasteiger partial charge in [0.1, 0.15) is 12.4 Å². The Balaban J connectivity index is 2.30. The molecule has 0 aliphatic heterocycles. The fourth-order valence-corrected chi connectivity index (χ4v) is 1.67. The summed E-state index contributed by atoms with van der Waals surface area (Å²) in [6, 6.07) is 6.00. The number of ether oxygens (including phenoxy) is 1. The van der Waals surface area contributed by atoms with Crippen LogP contribution in [0.2, 0.25) is 0 Å². The van der Waals surface area contributed by atoms with Gasteiger partial charge in [0, 0.05) is 6.42 Å². The Morgan fingerprint density at radius 2 is 2.06 bits per heavy atom. The maximum Gasteiger partial charge on any atom is 0.220 e. The van der Waals surface area contributed by atoms with Crippen molar-refractivity contribution in [1.29, 1.82) is 0 Å². The van der Waals surface area contributed by atoms with E-state index in [0.717, 1.165) is 11.3 Å². The third-order valence-corrected chi connectivity index (χ3v) is 2.83. The first-order valence-electron chi connectivity index (χ1n) is 6.46. The summed E-state index contributed by atoms with van der Waals surface area (Å²) in [4.78, 5) is 11.4. The molecule has 0 bridgehead atoms. The standard InChI is InChI=1S/C15H23NO2/c1-11(2)10-15(17)16-8-9-18-14-7-5-6-12(3)13(14)4/h5-7,11H,8-10H2,1-4H3,(H,16,17). The van der Waals surface area contributed by atoms with E-state index in [9.17, 15) is 4.79 Å². The molecule has 3 heteroatoms. The van der Waals surface area contributed by atoms with Crippen molar-refractivity contribution in [3.05, 3.63) is 29.3 Å². The minimum atomic E-state index is 0.0922. The van der Waals surface area contributed by atoms with Crippen LogP contribution in [0.5, 0.6) is 5.75 Å². The number of carbonyl (C=O) groups is 1. The summed E-state index contributed by atoms with van der Waals surface area (Å²) in [5, 5.41) is 2.85. The lowest BCUT2D eigenvalue weighted by Crippen LogP contribution is -2.28. The largest absolute Gasteiger partial charge is 0.491 e. The van der Waals surface area contributed by atoms with Gasteiger partial charge in [-0.1, -0.05) is 26.0 Å². The average molecular weight is 249 g/mol. The molecule has 1 N–H and O–H groups in total. The predicted octanol–water partition coefficient (Wildman–Crippen LogP) is 2.84. The summed E-state index contributed by atoms with van der Waals surface area (Å²) < 4.78 is 5.66. The van der Waals surface area contributed by atoms with Crippen molar-refractivity contribution in [2.45, 2.75) is 34.1 Å². The predicted molar refractivity (Wildman–Crippen MR) is 73.9 cm³/mol. The Morgan fingerprint density at radius 1 is 1.33 bits per heavy atom. The monoisotopic (exact) mass is 249 g/mol. The molecule has 0 spiro atoms. The Labute approximate surface area is 110 Å². The summed E-state index contributed by atoms with van der Waals surface area (Å²) in [7, 11) is 0. The zero-order valence-corrected chi connectivity index (χ0v) is 11.7. The summed E-state index contributed by atoms with van der Waals surface area (Å²) in [5.74, 6) is 1.38. The lowest BCUT2D eigenvalue weighted by atomic mass is 10.1. The highest BCUT2D eigenvalue weighted by molar-refractivity contribution is 5.75. The molecule has 0 atom stereocenters. The zero-order valence-electron chi connectivity index (χ0n) is 11.7. The minimum absolute atomic E-state index is 0.0922. The maximum atomic E-state index is 11.4. The number of aryl methyl sites for hydroxylation is 1. The molecule has 1 aromatic rings. The molecule has 3 nitrogen and oxygen atoms in total. The number of rotatable bonds is 6. The topological polar surface area (TPSA) is 38.3 Å². The number of carbonyl (C=O) groups excluding carboxylic acids is 1. The molecule has 1 amide bonds. The molecule has 0 aliphatic rings. The van der Waals surface area contributed by atoms with Gasteiger partial charge in [0.25, 0.3) is 0 Å². The quantitative estimate of drug-likeness (QED) is 0.787. The number of nitrogens with one attached hydrogen (secondary N) is 1. The first-order chi connectivity index (χ1) is 8.50. The number of benzene rings is 1. The molecule has 0 fully saturated rings. The second kappa shape index (κ2) is 7.04. The molecule has 0 saturated carbocycles. The van der Waals surface area contributed by atoms with E-state index in [4.69, 9.17) is 4.74 Å². The average Bonchev–Trinajstić information content (AvgIpc) is 2.29. The molecule has 0 unspecified atom stereocenters. The van der Waals surface area contributed by atoms with Crippen LogP contribution in [-0.2, 0) is 4.79 Å². The Bertz CT molecular complexity index is 399. The van der Waals surface area contributed by atoms with Gasteiger partial charge in [-0.05, 0) is 37.0 Å². The molecule has 0 aliphatic carbocycles. The van der Waals surface area contributed by atoms with Crippen LogP contribution in [0.4, 0.5) is 0 Å². The van der Waals surface area contributed by atoms with Crippen molar-refractivity contribution in [1.82, 2.24) is 5.32 Å². The summed E-state index contributed by atoms with van der Waals surface area (Å²) >= 11 is 0. The molecule has 100 valence electrons. The van der Waals surface area contributed by atoms with Crippen molar-refractivity contribution in [2.75, 3.05) is 13.2 Å². The number of hydrogen-bond donors (Lipinski definition) is 1. The maximum absolute atomic E-state index is 11.4. The van der Waals surface area contributed by atoms with E-state index in [0.29, 0.717) is 25.5 Å². The fraction of sp³-hybridized carbons (Fsp3) is 0.533.